The van der Waals surface area contributed by atoms with Crippen molar-refractivity contribution in [3.05, 3.63) is 60.6 Å². The molecule has 0 spiro atoms. The zero-order valence-corrected chi connectivity index (χ0v) is 16.9. The molecule has 0 aromatic carbocycles. The first kappa shape index (κ1) is 21.7. The van der Waals surface area contributed by atoms with Gasteiger partial charge in [0.1, 0.15) is 11.4 Å². The van der Waals surface area contributed by atoms with Gasteiger partial charge in [-0.2, -0.15) is 13.9 Å². The van der Waals surface area contributed by atoms with Crippen molar-refractivity contribution in [1.29, 1.82) is 0 Å². The summed E-state index contributed by atoms with van der Waals surface area (Å²) in [6.45, 7) is 1.07. The number of furan rings is 1. The molecule has 0 fully saturated rings. The van der Waals surface area contributed by atoms with E-state index in [1.54, 1.807) is 24.7 Å². The number of aryl methyl sites for hydroxylation is 1. The summed E-state index contributed by atoms with van der Waals surface area (Å²) in [5.74, 6) is -0.203. The zero-order valence-electron chi connectivity index (χ0n) is 15.3. The van der Waals surface area contributed by atoms with Gasteiger partial charge in [0.25, 0.3) is 5.91 Å². The second-order valence-electron chi connectivity index (χ2n) is 6.21. The van der Waals surface area contributed by atoms with E-state index in [0.717, 1.165) is 10.6 Å². The van der Waals surface area contributed by atoms with Gasteiger partial charge in [-0.25, -0.2) is 14.5 Å². The molecule has 0 radical (unpaired) electrons. The van der Waals surface area contributed by atoms with E-state index >= 15 is 0 Å². The molecule has 0 saturated heterocycles. The highest BCUT2D eigenvalue weighted by Gasteiger charge is 2.33. The molecule has 158 valence electrons. The molecule has 4 aromatic rings. The monoisotopic (exact) mass is 456 g/mol. The first-order valence-electron chi connectivity index (χ1n) is 8.67. The number of nitrogens with one attached hydrogen (secondary N) is 1. The molecular weight excluding hydrogens is 441 g/mol. The number of carbonyl (C=O) groups excluding carboxylic acids is 1. The molecule has 4 rings (SSSR count). The highest BCUT2D eigenvalue weighted by Crippen LogP contribution is 2.34. The average Bonchev–Trinajstić information content (AvgIpc) is 3.44. The molecule has 4 heterocycles. The molecule has 12 heteroatoms. The zero-order chi connectivity index (χ0) is 20.4. The molecule has 1 N–H and O–H groups in total. The predicted molar refractivity (Wildman–Crippen MR) is 107 cm³/mol. The lowest BCUT2D eigenvalue weighted by molar-refractivity contribution is 0.0866. The molecule has 0 unspecified atom stereocenters. The Balaban J connectivity index is 0.00000256. The van der Waals surface area contributed by atoms with E-state index in [0.29, 0.717) is 25.3 Å². The summed E-state index contributed by atoms with van der Waals surface area (Å²) in [6.07, 6.45) is 7.24. The van der Waals surface area contributed by atoms with E-state index in [1.165, 1.54) is 12.3 Å². The largest absolute Gasteiger partial charge is 0.463 e. The third-order valence-corrected chi connectivity index (χ3v) is 4.36. The fraction of sp³-hybridized carbons (Fsp3) is 0.222. The molecular formula is C18H16Cl2F2N6O2. The summed E-state index contributed by atoms with van der Waals surface area (Å²) < 4.78 is 35.8. The van der Waals surface area contributed by atoms with E-state index in [1.807, 2.05) is 10.8 Å². The van der Waals surface area contributed by atoms with Crippen LogP contribution in [0.1, 0.15) is 22.6 Å². The fourth-order valence-electron chi connectivity index (χ4n) is 2.81. The van der Waals surface area contributed by atoms with E-state index in [4.69, 9.17) is 16.0 Å². The highest BCUT2D eigenvalue weighted by atomic mass is 35.5. The van der Waals surface area contributed by atoms with Gasteiger partial charge in [-0.1, -0.05) is 0 Å². The van der Waals surface area contributed by atoms with Gasteiger partial charge < -0.3 is 14.3 Å². The van der Waals surface area contributed by atoms with Crippen LogP contribution in [0.4, 0.5) is 8.78 Å². The van der Waals surface area contributed by atoms with Crippen LogP contribution in [0.2, 0.25) is 0 Å². The van der Waals surface area contributed by atoms with Crippen LogP contribution in [0.15, 0.2) is 53.7 Å². The number of halogens is 4. The van der Waals surface area contributed by atoms with Crippen molar-refractivity contribution in [3.8, 4) is 11.5 Å². The van der Waals surface area contributed by atoms with E-state index in [-0.39, 0.29) is 29.4 Å². The standard InChI is InChI=1S/C18H15ClF2N6O2.ClH/c19-18(20,21)15-9-12(14-3-1-8-29-14)24-16-10-13(25-27(15)16)17(28)23-4-2-6-26-7-5-22-11-26;/h1,3,5,7-11H,2,4,6H2,(H,23,28);1H. The van der Waals surface area contributed by atoms with Gasteiger partial charge in [-0.3, -0.25) is 4.79 Å². The topological polar surface area (TPSA) is 90.2 Å². The SMILES string of the molecule is Cl.O=C(NCCCn1ccnc1)c1cc2nc(-c3ccco3)cc(C(F)(F)Cl)n2n1. The summed E-state index contributed by atoms with van der Waals surface area (Å²) in [6, 6.07) is 5.60. The maximum absolute atomic E-state index is 13.9. The normalized spacial score (nSPS) is 11.4. The second-order valence-corrected chi connectivity index (χ2v) is 6.69. The van der Waals surface area contributed by atoms with Gasteiger partial charge in [-0.15, -0.1) is 12.4 Å². The Bertz CT molecular complexity index is 1120. The number of carbonyl (C=O) groups is 1. The number of hydrogen-bond donors (Lipinski definition) is 1. The number of fused-ring (bicyclic) bond motifs is 1. The third kappa shape index (κ3) is 4.60. The molecule has 0 aliphatic carbocycles. The molecule has 0 aliphatic heterocycles. The van der Waals surface area contributed by atoms with Crippen LogP contribution >= 0.6 is 24.0 Å². The van der Waals surface area contributed by atoms with Crippen LogP contribution in [0, 0.1) is 0 Å². The van der Waals surface area contributed by atoms with Crippen LogP contribution in [0.25, 0.3) is 17.1 Å². The van der Waals surface area contributed by atoms with Crippen molar-refractivity contribution in [2.75, 3.05) is 6.54 Å². The lowest BCUT2D eigenvalue weighted by Crippen LogP contribution is -2.25. The smallest absolute Gasteiger partial charge is 0.364 e. The Kier molecular flexibility index (Phi) is 6.37. The van der Waals surface area contributed by atoms with Gasteiger partial charge in [-0.05, 0) is 36.2 Å². The maximum atomic E-state index is 13.9. The van der Waals surface area contributed by atoms with Crippen molar-refractivity contribution in [2.24, 2.45) is 0 Å². The Morgan fingerprint density at radius 1 is 1.33 bits per heavy atom. The number of aromatic nitrogens is 5. The predicted octanol–water partition coefficient (Wildman–Crippen LogP) is 3.72. The number of imidazole rings is 1. The minimum absolute atomic E-state index is 0. The Morgan fingerprint density at radius 3 is 2.83 bits per heavy atom. The lowest BCUT2D eigenvalue weighted by atomic mass is 10.2. The van der Waals surface area contributed by atoms with Crippen LogP contribution in [0.5, 0.6) is 0 Å². The van der Waals surface area contributed by atoms with Crippen LogP contribution in [-0.2, 0) is 11.9 Å². The number of nitrogens with zero attached hydrogens (tertiary/aromatic N) is 5. The van der Waals surface area contributed by atoms with E-state index in [2.05, 4.69) is 20.4 Å². The highest BCUT2D eigenvalue weighted by molar-refractivity contribution is 6.21. The summed E-state index contributed by atoms with van der Waals surface area (Å²) >= 11 is 5.25. The van der Waals surface area contributed by atoms with Crippen molar-refractivity contribution >= 4 is 35.6 Å². The van der Waals surface area contributed by atoms with Crippen LogP contribution in [0.3, 0.4) is 0 Å². The first-order chi connectivity index (χ1) is 13.9. The van der Waals surface area contributed by atoms with E-state index in [9.17, 15) is 13.6 Å². The van der Waals surface area contributed by atoms with Crippen molar-refractivity contribution < 1.29 is 18.0 Å². The lowest BCUT2D eigenvalue weighted by Gasteiger charge is -2.11. The molecule has 8 nitrogen and oxygen atoms in total. The van der Waals surface area contributed by atoms with Gasteiger partial charge in [0.05, 0.1) is 12.6 Å². The summed E-state index contributed by atoms with van der Waals surface area (Å²) in [7, 11) is 0. The summed E-state index contributed by atoms with van der Waals surface area (Å²) in [4.78, 5) is 20.6. The fourth-order valence-corrected chi connectivity index (χ4v) is 2.95. The maximum Gasteiger partial charge on any atom is 0.364 e. The molecule has 0 bridgehead atoms. The Hall–Kier alpha value is -2.98. The molecule has 0 aliphatic rings. The number of alkyl halides is 3. The molecule has 30 heavy (non-hydrogen) atoms. The van der Waals surface area contributed by atoms with Crippen molar-refractivity contribution in [2.45, 2.75) is 18.3 Å². The molecule has 0 saturated carbocycles. The molecule has 0 atom stereocenters. The summed E-state index contributed by atoms with van der Waals surface area (Å²) in [5, 5.41) is 2.95. The Labute approximate surface area is 180 Å². The number of rotatable bonds is 7. The van der Waals surface area contributed by atoms with Gasteiger partial charge in [0.2, 0.25) is 0 Å². The summed E-state index contributed by atoms with van der Waals surface area (Å²) in [5.41, 5.74) is -0.448. The van der Waals surface area contributed by atoms with E-state index < -0.39 is 17.0 Å². The van der Waals surface area contributed by atoms with Crippen LogP contribution < -0.4 is 5.32 Å². The van der Waals surface area contributed by atoms with Gasteiger partial charge >= 0.3 is 5.38 Å². The van der Waals surface area contributed by atoms with Crippen molar-refractivity contribution in [3.63, 3.8) is 0 Å². The van der Waals surface area contributed by atoms with Crippen LogP contribution in [-0.4, -0.2) is 36.6 Å². The minimum Gasteiger partial charge on any atom is -0.463 e. The van der Waals surface area contributed by atoms with Gasteiger partial charge in [0, 0.05) is 31.5 Å². The van der Waals surface area contributed by atoms with Crippen molar-refractivity contribution in [1.82, 2.24) is 29.5 Å². The van der Waals surface area contributed by atoms with Gasteiger partial charge in [0.15, 0.2) is 17.1 Å². The minimum atomic E-state index is -3.72. The number of amides is 1. The molecule has 4 aromatic heterocycles. The molecule has 1 amide bonds. The Morgan fingerprint density at radius 2 is 2.17 bits per heavy atom. The quantitative estimate of drug-likeness (QED) is 0.338. The average molecular weight is 457 g/mol. The third-order valence-electron chi connectivity index (χ3n) is 4.16. The first-order valence-corrected chi connectivity index (χ1v) is 9.05. The number of hydrogen-bond acceptors (Lipinski definition) is 5. The second kappa shape index (κ2) is 8.80.